The van der Waals surface area contributed by atoms with Crippen LogP contribution in [0.4, 0.5) is 0 Å². The average Bonchev–Trinajstić information content (AvgIpc) is 2.87. The van der Waals surface area contributed by atoms with Crippen LogP contribution in [0.15, 0.2) is 24.5 Å². The molecule has 0 spiro atoms. The molecule has 1 saturated heterocycles. The highest BCUT2D eigenvalue weighted by atomic mass is 16.3. The Labute approximate surface area is 117 Å². The molecule has 0 aliphatic carbocycles. The minimum Gasteiger partial charge on any atom is -0.396 e. The third kappa shape index (κ3) is 2.29. The van der Waals surface area contributed by atoms with Crippen molar-refractivity contribution in [3.05, 3.63) is 30.1 Å². The molecule has 5 heteroatoms. The molecule has 1 fully saturated rings. The fraction of sp³-hybridized carbons (Fsp3) is 0.467. The van der Waals surface area contributed by atoms with Crippen LogP contribution in [0.25, 0.3) is 11.0 Å². The smallest absolute Gasteiger partial charge is 0.253 e. The zero-order valence-electron chi connectivity index (χ0n) is 11.6. The predicted octanol–water partition coefficient (Wildman–Crippen LogP) is 1.42. The van der Waals surface area contributed by atoms with Crippen LogP contribution in [0, 0.1) is 5.92 Å². The minimum atomic E-state index is 0.0638. The van der Waals surface area contributed by atoms with Gasteiger partial charge in [-0.25, -0.2) is 4.98 Å². The van der Waals surface area contributed by atoms with Crippen LogP contribution in [0.1, 0.15) is 23.2 Å². The number of likely N-dealkylation sites (tertiary alicyclic amines) is 1. The van der Waals surface area contributed by atoms with Gasteiger partial charge in [-0.2, -0.15) is 0 Å². The van der Waals surface area contributed by atoms with Gasteiger partial charge in [0.2, 0.25) is 0 Å². The Morgan fingerprint density at radius 2 is 2.15 bits per heavy atom. The minimum absolute atomic E-state index is 0.0638. The third-order valence-corrected chi connectivity index (χ3v) is 4.13. The number of hydrogen-bond acceptors (Lipinski definition) is 3. The Hall–Kier alpha value is -1.88. The van der Waals surface area contributed by atoms with Crippen LogP contribution in [-0.4, -0.2) is 45.2 Å². The molecule has 1 aromatic heterocycles. The third-order valence-electron chi connectivity index (χ3n) is 4.13. The molecule has 1 amide bonds. The van der Waals surface area contributed by atoms with Crippen molar-refractivity contribution in [2.45, 2.75) is 12.8 Å². The van der Waals surface area contributed by atoms with Crippen LogP contribution in [0.2, 0.25) is 0 Å². The number of piperidine rings is 1. The molecule has 1 aromatic carbocycles. The summed E-state index contributed by atoms with van der Waals surface area (Å²) < 4.78 is 1.94. The van der Waals surface area contributed by atoms with Crippen molar-refractivity contribution in [3.8, 4) is 0 Å². The Kier molecular flexibility index (Phi) is 3.44. The van der Waals surface area contributed by atoms with E-state index in [4.69, 9.17) is 5.11 Å². The van der Waals surface area contributed by atoms with E-state index in [9.17, 15) is 4.79 Å². The Morgan fingerprint density at radius 1 is 1.40 bits per heavy atom. The maximum atomic E-state index is 12.5. The Bertz CT molecular complexity index is 627. The fourth-order valence-corrected chi connectivity index (χ4v) is 2.77. The summed E-state index contributed by atoms with van der Waals surface area (Å²) in [6, 6.07) is 5.66. The molecule has 1 aliphatic heterocycles. The Balaban J connectivity index is 1.78. The van der Waals surface area contributed by atoms with Gasteiger partial charge in [0, 0.05) is 32.3 Å². The lowest BCUT2D eigenvalue weighted by Gasteiger charge is -2.31. The average molecular weight is 273 g/mol. The number of benzene rings is 1. The summed E-state index contributed by atoms with van der Waals surface area (Å²) in [6.45, 7) is 1.68. The number of aromatic nitrogens is 2. The normalized spacial score (nSPS) is 16.8. The zero-order valence-corrected chi connectivity index (χ0v) is 11.6. The van der Waals surface area contributed by atoms with Gasteiger partial charge in [0.1, 0.15) is 0 Å². The highest BCUT2D eigenvalue weighted by molar-refractivity contribution is 5.97. The summed E-state index contributed by atoms with van der Waals surface area (Å²) in [5.41, 5.74) is 2.57. The molecular weight excluding hydrogens is 254 g/mol. The monoisotopic (exact) mass is 273 g/mol. The van der Waals surface area contributed by atoms with E-state index in [0.717, 1.165) is 37.0 Å². The predicted molar refractivity (Wildman–Crippen MR) is 76.4 cm³/mol. The number of nitrogens with zero attached hydrogens (tertiary/aromatic N) is 3. The van der Waals surface area contributed by atoms with Crippen molar-refractivity contribution in [2.75, 3.05) is 19.7 Å². The van der Waals surface area contributed by atoms with Crippen molar-refractivity contribution < 1.29 is 9.90 Å². The van der Waals surface area contributed by atoms with Crippen LogP contribution >= 0.6 is 0 Å². The molecule has 0 saturated carbocycles. The first-order valence-corrected chi connectivity index (χ1v) is 7.00. The zero-order chi connectivity index (χ0) is 14.1. The second-order valence-electron chi connectivity index (χ2n) is 5.48. The highest BCUT2D eigenvalue weighted by Crippen LogP contribution is 2.20. The van der Waals surface area contributed by atoms with Crippen molar-refractivity contribution in [1.82, 2.24) is 14.5 Å². The molecule has 3 rings (SSSR count). The van der Waals surface area contributed by atoms with Gasteiger partial charge >= 0.3 is 0 Å². The summed E-state index contributed by atoms with van der Waals surface area (Å²) >= 11 is 0. The summed E-state index contributed by atoms with van der Waals surface area (Å²) in [5.74, 6) is 0.409. The first-order chi connectivity index (χ1) is 9.69. The van der Waals surface area contributed by atoms with Gasteiger partial charge in [-0.05, 0) is 37.0 Å². The molecule has 0 unspecified atom stereocenters. The molecule has 2 aromatic rings. The first-order valence-electron chi connectivity index (χ1n) is 7.00. The van der Waals surface area contributed by atoms with Gasteiger partial charge < -0.3 is 14.6 Å². The topological polar surface area (TPSA) is 58.4 Å². The van der Waals surface area contributed by atoms with E-state index in [0.29, 0.717) is 11.5 Å². The lowest BCUT2D eigenvalue weighted by atomic mass is 9.97. The molecule has 106 valence electrons. The largest absolute Gasteiger partial charge is 0.396 e. The molecular formula is C15H19N3O2. The van der Waals surface area contributed by atoms with Crippen LogP contribution in [0.5, 0.6) is 0 Å². The van der Waals surface area contributed by atoms with Gasteiger partial charge in [-0.1, -0.05) is 0 Å². The number of aliphatic hydroxyl groups is 1. The fourth-order valence-electron chi connectivity index (χ4n) is 2.77. The number of fused-ring (bicyclic) bond motifs is 1. The number of carbonyl (C=O) groups excluding carboxylic acids is 1. The van der Waals surface area contributed by atoms with E-state index in [2.05, 4.69) is 4.98 Å². The van der Waals surface area contributed by atoms with Gasteiger partial charge in [0.15, 0.2) is 0 Å². The van der Waals surface area contributed by atoms with Gasteiger partial charge in [-0.15, -0.1) is 0 Å². The molecule has 1 N–H and O–H groups in total. The van der Waals surface area contributed by atoms with Gasteiger partial charge in [0.25, 0.3) is 5.91 Å². The van der Waals surface area contributed by atoms with E-state index >= 15 is 0 Å². The molecule has 1 aliphatic rings. The Morgan fingerprint density at radius 3 is 2.85 bits per heavy atom. The second kappa shape index (κ2) is 5.25. The van der Waals surface area contributed by atoms with E-state index < -0.39 is 0 Å². The van der Waals surface area contributed by atoms with Crippen molar-refractivity contribution in [2.24, 2.45) is 13.0 Å². The maximum absolute atomic E-state index is 12.5. The van der Waals surface area contributed by atoms with Crippen LogP contribution in [0.3, 0.4) is 0 Å². The summed E-state index contributed by atoms with van der Waals surface area (Å²) in [7, 11) is 1.94. The summed E-state index contributed by atoms with van der Waals surface area (Å²) in [5, 5.41) is 9.14. The van der Waals surface area contributed by atoms with Crippen LogP contribution < -0.4 is 0 Å². The quantitative estimate of drug-likeness (QED) is 0.900. The van der Waals surface area contributed by atoms with Gasteiger partial charge in [0.05, 0.1) is 17.4 Å². The maximum Gasteiger partial charge on any atom is 0.253 e. The highest BCUT2D eigenvalue weighted by Gasteiger charge is 2.23. The number of rotatable bonds is 2. The van der Waals surface area contributed by atoms with E-state index in [-0.39, 0.29) is 12.5 Å². The number of hydrogen-bond donors (Lipinski definition) is 1. The first kappa shape index (κ1) is 13.1. The number of amides is 1. The lowest BCUT2D eigenvalue weighted by molar-refractivity contribution is 0.0651. The van der Waals surface area contributed by atoms with E-state index in [1.165, 1.54) is 0 Å². The van der Waals surface area contributed by atoms with Gasteiger partial charge in [-0.3, -0.25) is 4.79 Å². The van der Waals surface area contributed by atoms with Crippen molar-refractivity contribution in [3.63, 3.8) is 0 Å². The standard InChI is InChI=1S/C15H19N3O2/c1-17-10-16-13-8-12(2-3-14(13)17)15(20)18-6-4-11(9-19)5-7-18/h2-3,8,10-11,19H,4-7,9H2,1H3. The van der Waals surface area contributed by atoms with Crippen LogP contribution in [-0.2, 0) is 7.05 Å². The molecule has 0 atom stereocenters. The number of aliphatic hydroxyl groups excluding tert-OH is 1. The molecule has 0 bridgehead atoms. The molecule has 5 nitrogen and oxygen atoms in total. The lowest BCUT2D eigenvalue weighted by Crippen LogP contribution is -2.39. The van der Waals surface area contributed by atoms with Crippen molar-refractivity contribution >= 4 is 16.9 Å². The summed E-state index contributed by atoms with van der Waals surface area (Å²) in [4.78, 5) is 18.6. The number of aryl methyl sites for hydroxylation is 1. The molecule has 20 heavy (non-hydrogen) atoms. The number of carbonyl (C=O) groups is 1. The SMILES string of the molecule is Cn1cnc2cc(C(=O)N3CCC(CO)CC3)ccc21. The van der Waals surface area contributed by atoms with E-state index in [1.54, 1.807) is 6.33 Å². The summed E-state index contributed by atoms with van der Waals surface area (Å²) in [6.07, 6.45) is 3.52. The molecule has 0 radical (unpaired) electrons. The molecule has 2 heterocycles. The number of imidazole rings is 1. The van der Waals surface area contributed by atoms with E-state index in [1.807, 2.05) is 34.7 Å². The van der Waals surface area contributed by atoms with Crippen molar-refractivity contribution in [1.29, 1.82) is 0 Å². The second-order valence-corrected chi connectivity index (χ2v) is 5.48.